The van der Waals surface area contributed by atoms with E-state index < -0.39 is 29.9 Å². The molecule has 1 atom stereocenters. The average Bonchev–Trinajstić information content (AvgIpc) is 2.99. The van der Waals surface area contributed by atoms with Crippen LogP contribution >= 0.6 is 0 Å². The molecule has 1 aliphatic rings. The van der Waals surface area contributed by atoms with Gasteiger partial charge in [-0.1, -0.05) is 18.2 Å². The first-order valence-corrected chi connectivity index (χ1v) is 9.37. The zero-order chi connectivity index (χ0) is 21.8. The average molecular weight is 411 g/mol. The number of carbonyl (C=O) groups excluding carboxylic acids is 4. The van der Waals surface area contributed by atoms with E-state index in [0.717, 1.165) is 4.90 Å². The predicted octanol–water partition coefficient (Wildman–Crippen LogP) is 2.60. The van der Waals surface area contributed by atoms with Crippen molar-refractivity contribution >= 4 is 23.8 Å². The third kappa shape index (κ3) is 4.03. The van der Waals surface area contributed by atoms with Crippen molar-refractivity contribution in [2.24, 2.45) is 0 Å². The zero-order valence-electron chi connectivity index (χ0n) is 16.8. The number of nitrogens with zero attached hydrogens (tertiary/aromatic N) is 1. The van der Waals surface area contributed by atoms with E-state index in [1.54, 1.807) is 43.3 Å². The van der Waals surface area contributed by atoms with Crippen LogP contribution in [0.4, 0.5) is 0 Å². The topological polar surface area (TPSA) is 99.2 Å². The molecule has 2 amide bonds. The Balaban J connectivity index is 1.86. The lowest BCUT2D eigenvalue weighted by Crippen LogP contribution is -2.29. The van der Waals surface area contributed by atoms with Gasteiger partial charge in [0.1, 0.15) is 11.3 Å². The molecule has 2 aromatic carbocycles. The Kier molecular flexibility index (Phi) is 6.15. The lowest BCUT2D eigenvalue weighted by Gasteiger charge is -2.17. The number of ether oxygens (including phenoxy) is 3. The molecule has 3 rings (SSSR count). The number of carbonyl (C=O) groups is 4. The predicted molar refractivity (Wildman–Crippen MR) is 105 cm³/mol. The maximum Gasteiger partial charge on any atom is 0.346 e. The number of imide groups is 1. The third-order valence-corrected chi connectivity index (χ3v) is 4.60. The summed E-state index contributed by atoms with van der Waals surface area (Å²) < 4.78 is 15.2. The lowest BCUT2D eigenvalue weighted by atomic mass is 10.1. The first kappa shape index (κ1) is 21.0. The van der Waals surface area contributed by atoms with Gasteiger partial charge in [-0.2, -0.15) is 0 Å². The number of hydrogen-bond donors (Lipinski definition) is 0. The summed E-state index contributed by atoms with van der Waals surface area (Å²) in [4.78, 5) is 50.5. The van der Waals surface area contributed by atoms with Crippen molar-refractivity contribution in [3.63, 3.8) is 0 Å². The highest BCUT2D eigenvalue weighted by molar-refractivity contribution is 6.21. The minimum Gasteiger partial charge on any atom is -0.493 e. The van der Waals surface area contributed by atoms with Gasteiger partial charge in [-0.25, -0.2) is 9.59 Å². The fourth-order valence-corrected chi connectivity index (χ4v) is 3.12. The molecule has 0 saturated carbocycles. The first-order chi connectivity index (χ1) is 14.4. The van der Waals surface area contributed by atoms with Crippen LogP contribution in [0.5, 0.6) is 5.75 Å². The molecule has 0 unspecified atom stereocenters. The second kappa shape index (κ2) is 8.77. The Morgan fingerprint density at radius 1 is 1.03 bits per heavy atom. The van der Waals surface area contributed by atoms with Crippen molar-refractivity contribution in [2.45, 2.75) is 26.5 Å². The molecule has 0 fully saturated rings. The fourth-order valence-electron chi connectivity index (χ4n) is 3.12. The minimum atomic E-state index is -1.10. The van der Waals surface area contributed by atoms with Crippen LogP contribution in [-0.4, -0.2) is 48.5 Å². The highest BCUT2D eigenvalue weighted by Crippen LogP contribution is 2.27. The molecule has 0 radical (unpaired) electrons. The molecule has 0 aromatic heterocycles. The van der Waals surface area contributed by atoms with Gasteiger partial charge >= 0.3 is 11.9 Å². The van der Waals surface area contributed by atoms with E-state index in [2.05, 4.69) is 4.74 Å². The van der Waals surface area contributed by atoms with E-state index in [-0.39, 0.29) is 17.9 Å². The summed E-state index contributed by atoms with van der Waals surface area (Å²) in [5, 5.41) is 0. The van der Waals surface area contributed by atoms with E-state index in [0.29, 0.717) is 23.3 Å². The number of amides is 2. The second-order valence-electron chi connectivity index (χ2n) is 6.58. The van der Waals surface area contributed by atoms with Crippen molar-refractivity contribution < 1.29 is 33.4 Å². The number of benzene rings is 2. The summed E-state index contributed by atoms with van der Waals surface area (Å²) in [6.07, 6.45) is -1.10. The number of rotatable bonds is 7. The minimum absolute atomic E-state index is 0.0222. The van der Waals surface area contributed by atoms with Crippen LogP contribution in [0.1, 0.15) is 50.5 Å². The smallest absolute Gasteiger partial charge is 0.346 e. The second-order valence-corrected chi connectivity index (χ2v) is 6.58. The van der Waals surface area contributed by atoms with Crippen LogP contribution in [-0.2, 0) is 20.8 Å². The van der Waals surface area contributed by atoms with E-state index in [1.165, 1.54) is 20.1 Å². The van der Waals surface area contributed by atoms with Crippen molar-refractivity contribution in [3.8, 4) is 5.75 Å². The van der Waals surface area contributed by atoms with Crippen LogP contribution in [0.15, 0.2) is 42.5 Å². The van der Waals surface area contributed by atoms with Crippen LogP contribution in [0, 0.1) is 0 Å². The zero-order valence-corrected chi connectivity index (χ0v) is 16.8. The van der Waals surface area contributed by atoms with E-state index >= 15 is 0 Å². The van der Waals surface area contributed by atoms with Gasteiger partial charge in [-0.15, -0.1) is 0 Å². The SMILES string of the molecule is CCOc1ccc(CN2C(=O)c3ccccc3C2=O)cc1C(=O)O[C@H](C)C(=O)OC. The maximum absolute atomic E-state index is 12.6. The van der Waals surface area contributed by atoms with Gasteiger partial charge in [0.05, 0.1) is 31.4 Å². The van der Waals surface area contributed by atoms with Gasteiger partial charge in [-0.3, -0.25) is 14.5 Å². The molecule has 0 N–H and O–H groups in total. The van der Waals surface area contributed by atoms with Gasteiger partial charge in [0.15, 0.2) is 6.10 Å². The van der Waals surface area contributed by atoms with Gasteiger partial charge in [0.2, 0.25) is 0 Å². The number of hydrogen-bond acceptors (Lipinski definition) is 7. The maximum atomic E-state index is 12.6. The standard InChI is InChI=1S/C22H21NO7/c1-4-29-18-10-9-14(11-17(18)22(27)30-13(2)21(26)28-3)12-23-19(24)15-7-5-6-8-16(15)20(23)25/h5-11,13H,4,12H2,1-3H3/t13-/m1/s1. The molecule has 2 aromatic rings. The molecular formula is C22H21NO7. The summed E-state index contributed by atoms with van der Waals surface area (Å²) in [6, 6.07) is 11.3. The van der Waals surface area contributed by atoms with Gasteiger partial charge < -0.3 is 14.2 Å². The summed E-state index contributed by atoms with van der Waals surface area (Å²) in [5.41, 5.74) is 1.31. The lowest BCUT2D eigenvalue weighted by molar-refractivity contribution is -0.149. The van der Waals surface area contributed by atoms with Crippen molar-refractivity contribution in [1.82, 2.24) is 4.90 Å². The normalized spacial score (nSPS) is 13.6. The van der Waals surface area contributed by atoms with Gasteiger partial charge in [-0.05, 0) is 43.7 Å². The van der Waals surface area contributed by atoms with Gasteiger partial charge in [0.25, 0.3) is 11.8 Å². The molecule has 30 heavy (non-hydrogen) atoms. The van der Waals surface area contributed by atoms with Crippen LogP contribution in [0.3, 0.4) is 0 Å². The quantitative estimate of drug-likeness (QED) is 0.510. The van der Waals surface area contributed by atoms with E-state index in [1.807, 2.05) is 0 Å². The van der Waals surface area contributed by atoms with E-state index in [4.69, 9.17) is 9.47 Å². The van der Waals surface area contributed by atoms with Crippen LogP contribution < -0.4 is 4.74 Å². The van der Waals surface area contributed by atoms with E-state index in [9.17, 15) is 19.2 Å². The summed E-state index contributed by atoms with van der Waals surface area (Å²) in [7, 11) is 1.20. The fraction of sp³-hybridized carbons (Fsp3) is 0.273. The highest BCUT2D eigenvalue weighted by atomic mass is 16.6. The molecule has 0 bridgehead atoms. The van der Waals surface area contributed by atoms with Crippen molar-refractivity contribution in [1.29, 1.82) is 0 Å². The Hall–Kier alpha value is -3.68. The van der Waals surface area contributed by atoms with Gasteiger partial charge in [0, 0.05) is 0 Å². The molecule has 156 valence electrons. The Labute approximate surface area is 173 Å². The number of fused-ring (bicyclic) bond motifs is 1. The summed E-state index contributed by atoms with van der Waals surface area (Å²) in [5.74, 6) is -1.99. The summed E-state index contributed by atoms with van der Waals surface area (Å²) >= 11 is 0. The number of esters is 2. The molecule has 0 saturated heterocycles. The van der Waals surface area contributed by atoms with Crippen LogP contribution in [0.25, 0.3) is 0 Å². The molecule has 0 spiro atoms. The molecule has 8 heteroatoms. The molecule has 0 aliphatic carbocycles. The highest BCUT2D eigenvalue weighted by Gasteiger charge is 2.35. The van der Waals surface area contributed by atoms with Crippen LogP contribution in [0.2, 0.25) is 0 Å². The molecule has 1 aliphatic heterocycles. The Bertz CT molecular complexity index is 979. The Morgan fingerprint density at radius 3 is 2.23 bits per heavy atom. The number of methoxy groups -OCH3 is 1. The van der Waals surface area contributed by atoms with Crippen molar-refractivity contribution in [2.75, 3.05) is 13.7 Å². The molecular weight excluding hydrogens is 390 g/mol. The molecule has 8 nitrogen and oxygen atoms in total. The summed E-state index contributed by atoms with van der Waals surface area (Å²) in [6.45, 7) is 3.45. The molecule has 1 heterocycles. The first-order valence-electron chi connectivity index (χ1n) is 9.37. The Morgan fingerprint density at radius 2 is 1.67 bits per heavy atom. The largest absolute Gasteiger partial charge is 0.493 e. The third-order valence-electron chi connectivity index (χ3n) is 4.60. The monoisotopic (exact) mass is 411 g/mol. The van der Waals surface area contributed by atoms with Crippen molar-refractivity contribution in [3.05, 3.63) is 64.7 Å².